The molecule has 0 radical (unpaired) electrons. The maximum Gasteiger partial charge on any atom is 0.137 e. The molecule has 0 aliphatic carbocycles. The highest BCUT2D eigenvalue weighted by Gasteiger charge is 2.02. The summed E-state index contributed by atoms with van der Waals surface area (Å²) < 4.78 is 5.22. The molecule has 0 saturated heterocycles. The Morgan fingerprint density at radius 1 is 1.55 bits per heavy atom. The van der Waals surface area contributed by atoms with E-state index in [4.69, 9.17) is 16.0 Å². The van der Waals surface area contributed by atoms with Gasteiger partial charge in [0, 0.05) is 23.3 Å². The van der Waals surface area contributed by atoms with Gasteiger partial charge in [-0.05, 0) is 6.07 Å². The quantitative estimate of drug-likeness (QED) is 0.611. The van der Waals surface area contributed by atoms with Crippen LogP contribution < -0.4 is 0 Å². The van der Waals surface area contributed by atoms with E-state index < -0.39 is 0 Å². The van der Waals surface area contributed by atoms with Gasteiger partial charge in [-0.15, -0.1) is 11.6 Å². The smallest absolute Gasteiger partial charge is 0.137 e. The van der Waals surface area contributed by atoms with Crippen LogP contribution in [-0.2, 0) is 5.88 Å². The van der Waals surface area contributed by atoms with Gasteiger partial charge in [0.2, 0.25) is 0 Å². The number of furan rings is 1. The summed E-state index contributed by atoms with van der Waals surface area (Å²) in [5.41, 5.74) is 1.84. The summed E-state index contributed by atoms with van der Waals surface area (Å²) in [6.45, 7) is 0. The summed E-state index contributed by atoms with van der Waals surface area (Å²) in [5, 5.41) is 1.00. The highest BCUT2D eigenvalue weighted by Crippen LogP contribution is 2.20. The molecule has 11 heavy (non-hydrogen) atoms. The number of fused-ring (bicyclic) bond motifs is 1. The minimum atomic E-state index is 0.471. The van der Waals surface area contributed by atoms with Crippen LogP contribution in [0.5, 0.6) is 0 Å². The average Bonchev–Trinajstić information content (AvgIpc) is 2.47. The highest BCUT2D eigenvalue weighted by atomic mass is 35.5. The second-order valence-electron chi connectivity index (χ2n) is 2.27. The van der Waals surface area contributed by atoms with Crippen molar-refractivity contribution in [3.05, 3.63) is 30.3 Å². The molecule has 0 unspecified atom stereocenters. The molecule has 0 saturated carbocycles. The fourth-order valence-electron chi connectivity index (χ4n) is 1.03. The Labute approximate surface area is 68.8 Å². The zero-order chi connectivity index (χ0) is 7.68. The van der Waals surface area contributed by atoms with Crippen LogP contribution in [0.3, 0.4) is 0 Å². The van der Waals surface area contributed by atoms with Gasteiger partial charge in [-0.1, -0.05) is 0 Å². The number of halogens is 1. The summed E-state index contributed by atoms with van der Waals surface area (Å²) in [5.74, 6) is 0.471. The third-order valence-electron chi connectivity index (χ3n) is 1.60. The zero-order valence-electron chi connectivity index (χ0n) is 5.75. The van der Waals surface area contributed by atoms with Crippen molar-refractivity contribution in [2.45, 2.75) is 5.88 Å². The number of nitrogens with zero attached hydrogens (tertiary/aromatic N) is 1. The number of hydrogen-bond acceptors (Lipinski definition) is 2. The Morgan fingerprint density at radius 2 is 2.45 bits per heavy atom. The summed E-state index contributed by atoms with van der Waals surface area (Å²) in [7, 11) is 0. The number of alkyl halides is 1. The number of rotatable bonds is 1. The first-order valence-corrected chi connectivity index (χ1v) is 3.81. The van der Waals surface area contributed by atoms with E-state index in [1.54, 1.807) is 18.7 Å². The maximum absolute atomic E-state index is 5.66. The van der Waals surface area contributed by atoms with E-state index in [1.807, 2.05) is 6.07 Å². The molecular weight excluding hydrogens is 162 g/mol. The van der Waals surface area contributed by atoms with Crippen molar-refractivity contribution >= 4 is 22.6 Å². The second-order valence-corrected chi connectivity index (χ2v) is 2.53. The summed E-state index contributed by atoms with van der Waals surface area (Å²) in [4.78, 5) is 3.98. The van der Waals surface area contributed by atoms with Crippen LogP contribution in [0.15, 0.2) is 29.1 Å². The minimum absolute atomic E-state index is 0.471. The first-order valence-electron chi connectivity index (χ1n) is 3.28. The zero-order valence-corrected chi connectivity index (χ0v) is 6.51. The van der Waals surface area contributed by atoms with Crippen molar-refractivity contribution in [1.82, 2.24) is 4.98 Å². The van der Waals surface area contributed by atoms with E-state index in [0.717, 1.165) is 16.5 Å². The lowest BCUT2D eigenvalue weighted by molar-refractivity contribution is 0.612. The van der Waals surface area contributed by atoms with Crippen molar-refractivity contribution in [2.24, 2.45) is 0 Å². The van der Waals surface area contributed by atoms with Crippen LogP contribution in [-0.4, -0.2) is 4.98 Å². The van der Waals surface area contributed by atoms with Crippen LogP contribution in [0.2, 0.25) is 0 Å². The van der Waals surface area contributed by atoms with Crippen LogP contribution in [0, 0.1) is 0 Å². The largest absolute Gasteiger partial charge is 0.464 e. The molecule has 0 aliphatic heterocycles. The van der Waals surface area contributed by atoms with E-state index >= 15 is 0 Å². The van der Waals surface area contributed by atoms with Crippen molar-refractivity contribution in [3.8, 4) is 0 Å². The molecule has 0 aliphatic rings. The fourth-order valence-corrected chi connectivity index (χ4v) is 1.23. The summed E-state index contributed by atoms with van der Waals surface area (Å²) in [6, 6.07) is 1.82. The third-order valence-corrected chi connectivity index (χ3v) is 1.89. The molecule has 2 nitrogen and oxygen atoms in total. The Morgan fingerprint density at radius 3 is 3.27 bits per heavy atom. The number of hydrogen-bond donors (Lipinski definition) is 0. The van der Waals surface area contributed by atoms with Gasteiger partial charge in [0.05, 0.1) is 12.1 Å². The topological polar surface area (TPSA) is 26.0 Å². The van der Waals surface area contributed by atoms with Crippen molar-refractivity contribution in [3.63, 3.8) is 0 Å². The van der Waals surface area contributed by atoms with Gasteiger partial charge in [-0.2, -0.15) is 0 Å². The summed E-state index contributed by atoms with van der Waals surface area (Å²) >= 11 is 5.66. The Kier molecular flexibility index (Phi) is 1.55. The molecule has 3 heteroatoms. The third kappa shape index (κ3) is 0.994. The Hall–Kier alpha value is -1.02. The van der Waals surface area contributed by atoms with E-state index in [0.29, 0.717) is 5.88 Å². The fraction of sp³-hybridized carbons (Fsp3) is 0.125. The van der Waals surface area contributed by atoms with Crippen LogP contribution in [0.1, 0.15) is 5.56 Å². The van der Waals surface area contributed by atoms with Gasteiger partial charge in [0.1, 0.15) is 5.58 Å². The number of aromatic nitrogens is 1. The predicted molar refractivity (Wildman–Crippen MR) is 43.6 cm³/mol. The predicted octanol–water partition coefficient (Wildman–Crippen LogP) is 2.57. The molecule has 2 heterocycles. The van der Waals surface area contributed by atoms with Crippen LogP contribution >= 0.6 is 11.6 Å². The maximum atomic E-state index is 5.66. The molecule has 2 aromatic heterocycles. The van der Waals surface area contributed by atoms with Gasteiger partial charge in [-0.25, -0.2) is 0 Å². The molecule has 0 amide bonds. The second kappa shape index (κ2) is 2.55. The van der Waals surface area contributed by atoms with Gasteiger partial charge < -0.3 is 4.42 Å². The number of pyridine rings is 1. The molecule has 56 valence electrons. The molecule has 0 bridgehead atoms. The monoisotopic (exact) mass is 167 g/mol. The average molecular weight is 168 g/mol. The lowest BCUT2D eigenvalue weighted by atomic mass is 10.2. The van der Waals surface area contributed by atoms with E-state index in [2.05, 4.69) is 4.98 Å². The van der Waals surface area contributed by atoms with E-state index in [1.165, 1.54) is 0 Å². The normalized spacial score (nSPS) is 10.6. The molecule has 0 N–H and O–H groups in total. The standard InChI is InChI=1S/C8H6ClNO/c9-3-6-5-11-8-1-2-10-4-7(6)8/h1-2,4-5H,3H2. The lowest BCUT2D eigenvalue weighted by Crippen LogP contribution is -1.73. The van der Waals surface area contributed by atoms with Crippen LogP contribution in [0.4, 0.5) is 0 Å². The Balaban J connectivity index is 2.76. The van der Waals surface area contributed by atoms with Gasteiger partial charge in [-0.3, -0.25) is 4.98 Å². The SMILES string of the molecule is ClCc1coc2ccncc12. The first-order chi connectivity index (χ1) is 5.42. The first kappa shape index (κ1) is 6.68. The molecular formula is C8H6ClNO. The van der Waals surface area contributed by atoms with E-state index in [-0.39, 0.29) is 0 Å². The van der Waals surface area contributed by atoms with Crippen molar-refractivity contribution < 1.29 is 4.42 Å². The van der Waals surface area contributed by atoms with Gasteiger partial charge >= 0.3 is 0 Å². The Bertz CT molecular complexity index is 369. The van der Waals surface area contributed by atoms with Gasteiger partial charge in [0.15, 0.2) is 0 Å². The molecule has 0 atom stereocenters. The minimum Gasteiger partial charge on any atom is -0.464 e. The molecule has 2 aromatic rings. The van der Waals surface area contributed by atoms with Crippen molar-refractivity contribution in [2.75, 3.05) is 0 Å². The summed E-state index contributed by atoms with van der Waals surface area (Å²) in [6.07, 6.45) is 5.12. The lowest BCUT2D eigenvalue weighted by Gasteiger charge is -1.86. The van der Waals surface area contributed by atoms with Crippen molar-refractivity contribution in [1.29, 1.82) is 0 Å². The van der Waals surface area contributed by atoms with Crippen LogP contribution in [0.25, 0.3) is 11.0 Å². The van der Waals surface area contributed by atoms with E-state index in [9.17, 15) is 0 Å². The molecule has 2 rings (SSSR count). The molecule has 0 fully saturated rings. The molecule has 0 spiro atoms. The molecule has 0 aromatic carbocycles. The van der Waals surface area contributed by atoms with Gasteiger partial charge in [0.25, 0.3) is 0 Å². The highest BCUT2D eigenvalue weighted by molar-refractivity contribution is 6.17.